The molecule has 0 saturated carbocycles. The number of hydrogen-bond acceptors (Lipinski definition) is 3. The summed E-state index contributed by atoms with van der Waals surface area (Å²) < 4.78 is 27.6. The summed E-state index contributed by atoms with van der Waals surface area (Å²) in [5.74, 6) is 1.66. The molecule has 1 atom stereocenters. The van der Waals surface area contributed by atoms with E-state index in [1.165, 1.54) is 5.69 Å². The van der Waals surface area contributed by atoms with Gasteiger partial charge in [0.15, 0.2) is 0 Å². The number of aryl methyl sites for hydroxylation is 1. The van der Waals surface area contributed by atoms with Crippen LogP contribution in [0.15, 0.2) is 6.20 Å². The topological polar surface area (TPSA) is 55.2 Å². The van der Waals surface area contributed by atoms with Crippen molar-refractivity contribution in [2.75, 3.05) is 18.8 Å². The highest BCUT2D eigenvalue weighted by atomic mass is 32.2. The molecule has 0 aromatic carbocycles. The lowest BCUT2D eigenvalue weighted by Crippen LogP contribution is -2.30. The fourth-order valence-corrected chi connectivity index (χ4v) is 4.20. The number of hydrogen-bond donors (Lipinski definition) is 0. The maximum atomic E-state index is 11.9. The zero-order valence-electron chi connectivity index (χ0n) is 12.8. The van der Waals surface area contributed by atoms with E-state index in [0.29, 0.717) is 25.0 Å². The lowest BCUT2D eigenvalue weighted by molar-refractivity contribution is 0.446. The molecule has 6 heteroatoms. The van der Waals surface area contributed by atoms with E-state index in [4.69, 9.17) is 0 Å². The van der Waals surface area contributed by atoms with Crippen LogP contribution < -0.4 is 0 Å². The molecule has 5 nitrogen and oxygen atoms in total. The van der Waals surface area contributed by atoms with Crippen LogP contribution in [0.4, 0.5) is 0 Å². The van der Waals surface area contributed by atoms with Crippen molar-refractivity contribution in [2.24, 2.45) is 5.92 Å². The van der Waals surface area contributed by atoms with E-state index in [1.807, 2.05) is 6.20 Å². The predicted molar refractivity (Wildman–Crippen MR) is 80.2 cm³/mol. The highest BCUT2D eigenvalue weighted by Crippen LogP contribution is 2.24. The summed E-state index contributed by atoms with van der Waals surface area (Å²) in [6.07, 6.45) is 3.70. The summed E-state index contributed by atoms with van der Waals surface area (Å²) in [5.41, 5.74) is 1.17. The normalized spacial score (nSPS) is 20.9. The van der Waals surface area contributed by atoms with Gasteiger partial charge in [0.05, 0.1) is 5.75 Å². The third-order valence-electron chi connectivity index (χ3n) is 4.05. The summed E-state index contributed by atoms with van der Waals surface area (Å²) in [7, 11) is -3.04. The maximum absolute atomic E-state index is 11.9. The molecule has 2 heterocycles. The Bertz CT molecular complexity index is 563. The third-order valence-corrected chi connectivity index (χ3v) is 5.90. The summed E-state index contributed by atoms with van der Waals surface area (Å²) in [6, 6.07) is 0.393. The largest absolute Gasteiger partial charge is 0.330 e. The van der Waals surface area contributed by atoms with Gasteiger partial charge in [-0.05, 0) is 40.0 Å². The van der Waals surface area contributed by atoms with Gasteiger partial charge in [0.1, 0.15) is 5.82 Å². The van der Waals surface area contributed by atoms with Gasteiger partial charge >= 0.3 is 0 Å². The zero-order chi connectivity index (χ0) is 14.9. The van der Waals surface area contributed by atoms with Crippen molar-refractivity contribution in [1.29, 1.82) is 0 Å². The molecule has 0 aliphatic carbocycles. The quantitative estimate of drug-likeness (QED) is 0.835. The van der Waals surface area contributed by atoms with Crippen LogP contribution in [0.5, 0.6) is 0 Å². The standard InChI is InChI=1S/C14H25N3O2S/c1-5-20(18,19)16-7-6-13(10-16)8-14-15-9-12(4)17(14)11(2)3/h9,11,13H,5-8,10H2,1-4H3. The first-order valence-corrected chi connectivity index (χ1v) is 8.96. The molecule has 1 aliphatic rings. The number of rotatable bonds is 5. The van der Waals surface area contributed by atoms with Gasteiger partial charge in [0.25, 0.3) is 0 Å². The van der Waals surface area contributed by atoms with Crippen LogP contribution in [0.25, 0.3) is 0 Å². The number of nitrogens with zero attached hydrogens (tertiary/aromatic N) is 3. The molecule has 0 spiro atoms. The van der Waals surface area contributed by atoms with E-state index in [1.54, 1.807) is 11.2 Å². The molecule has 1 aromatic rings. The van der Waals surface area contributed by atoms with Gasteiger partial charge < -0.3 is 4.57 Å². The van der Waals surface area contributed by atoms with Crippen LogP contribution in [0, 0.1) is 12.8 Å². The molecule has 1 saturated heterocycles. The van der Waals surface area contributed by atoms with Crippen molar-refractivity contribution in [3.05, 3.63) is 17.7 Å². The fourth-order valence-electron chi connectivity index (χ4n) is 3.01. The van der Waals surface area contributed by atoms with Crippen molar-refractivity contribution >= 4 is 10.0 Å². The van der Waals surface area contributed by atoms with Crippen LogP contribution in [0.2, 0.25) is 0 Å². The van der Waals surface area contributed by atoms with Gasteiger partial charge in [0, 0.05) is 37.4 Å². The minimum Gasteiger partial charge on any atom is -0.330 e. The minimum atomic E-state index is -3.04. The van der Waals surface area contributed by atoms with Crippen molar-refractivity contribution in [3.63, 3.8) is 0 Å². The predicted octanol–water partition coefficient (Wildman–Crippen LogP) is 1.99. The van der Waals surface area contributed by atoms with E-state index in [2.05, 4.69) is 30.3 Å². The summed E-state index contributed by atoms with van der Waals surface area (Å²) in [4.78, 5) is 4.50. The van der Waals surface area contributed by atoms with Gasteiger partial charge in [0.2, 0.25) is 10.0 Å². The van der Waals surface area contributed by atoms with Gasteiger partial charge in [-0.3, -0.25) is 0 Å². The molecule has 2 rings (SSSR count). The Morgan fingerprint density at radius 2 is 2.15 bits per heavy atom. The van der Waals surface area contributed by atoms with Crippen LogP contribution in [0.3, 0.4) is 0 Å². The van der Waals surface area contributed by atoms with Crippen LogP contribution in [-0.2, 0) is 16.4 Å². The number of aromatic nitrogens is 2. The summed E-state index contributed by atoms with van der Waals surface area (Å²) in [5, 5.41) is 0. The van der Waals surface area contributed by atoms with Gasteiger partial charge in [-0.25, -0.2) is 17.7 Å². The Labute approximate surface area is 122 Å². The van der Waals surface area contributed by atoms with Gasteiger partial charge in [-0.15, -0.1) is 0 Å². The van der Waals surface area contributed by atoms with E-state index < -0.39 is 10.0 Å². The van der Waals surface area contributed by atoms with Crippen LogP contribution in [0.1, 0.15) is 44.8 Å². The summed E-state index contributed by atoms with van der Waals surface area (Å²) in [6.45, 7) is 9.38. The molecule has 1 fully saturated rings. The molecular weight excluding hydrogens is 274 g/mol. The van der Waals surface area contributed by atoms with E-state index in [-0.39, 0.29) is 5.75 Å². The van der Waals surface area contributed by atoms with E-state index >= 15 is 0 Å². The van der Waals surface area contributed by atoms with Gasteiger partial charge in [-0.2, -0.15) is 0 Å². The fraction of sp³-hybridized carbons (Fsp3) is 0.786. The average molecular weight is 299 g/mol. The van der Waals surface area contributed by atoms with E-state index in [9.17, 15) is 8.42 Å². The molecule has 1 unspecified atom stereocenters. The lowest BCUT2D eigenvalue weighted by atomic mass is 10.0. The van der Waals surface area contributed by atoms with Crippen LogP contribution >= 0.6 is 0 Å². The molecule has 0 bridgehead atoms. The van der Waals surface area contributed by atoms with Gasteiger partial charge in [-0.1, -0.05) is 0 Å². The van der Waals surface area contributed by atoms with Crippen molar-refractivity contribution < 1.29 is 8.42 Å². The Hall–Kier alpha value is -0.880. The molecular formula is C14H25N3O2S. The molecule has 114 valence electrons. The van der Waals surface area contributed by atoms with Crippen molar-refractivity contribution in [2.45, 2.75) is 46.6 Å². The highest BCUT2D eigenvalue weighted by molar-refractivity contribution is 7.89. The molecule has 0 amide bonds. The first-order valence-electron chi connectivity index (χ1n) is 7.35. The van der Waals surface area contributed by atoms with Crippen molar-refractivity contribution in [3.8, 4) is 0 Å². The number of sulfonamides is 1. The Morgan fingerprint density at radius 1 is 1.45 bits per heavy atom. The summed E-state index contributed by atoms with van der Waals surface area (Å²) >= 11 is 0. The molecule has 0 N–H and O–H groups in total. The SMILES string of the molecule is CCS(=O)(=O)N1CCC(Cc2ncc(C)n2C(C)C)C1. The Kier molecular flexibility index (Phi) is 4.54. The maximum Gasteiger partial charge on any atom is 0.213 e. The Balaban J connectivity index is 2.06. The molecule has 20 heavy (non-hydrogen) atoms. The second-order valence-electron chi connectivity index (χ2n) is 5.90. The second kappa shape index (κ2) is 5.85. The van der Waals surface area contributed by atoms with E-state index in [0.717, 1.165) is 18.7 Å². The third kappa shape index (κ3) is 3.06. The molecule has 0 radical (unpaired) electrons. The lowest BCUT2D eigenvalue weighted by Gasteiger charge is -2.17. The molecule has 1 aliphatic heterocycles. The smallest absolute Gasteiger partial charge is 0.213 e. The molecule has 1 aromatic heterocycles. The zero-order valence-corrected chi connectivity index (χ0v) is 13.7. The monoisotopic (exact) mass is 299 g/mol. The minimum absolute atomic E-state index is 0.194. The first kappa shape index (κ1) is 15.5. The number of imidazole rings is 1. The second-order valence-corrected chi connectivity index (χ2v) is 8.15. The average Bonchev–Trinajstić information content (AvgIpc) is 2.97. The van der Waals surface area contributed by atoms with Crippen molar-refractivity contribution in [1.82, 2.24) is 13.9 Å². The van der Waals surface area contributed by atoms with Crippen LogP contribution in [-0.4, -0.2) is 41.1 Å². The first-order chi connectivity index (χ1) is 9.35. The Morgan fingerprint density at radius 3 is 2.75 bits per heavy atom. The highest BCUT2D eigenvalue weighted by Gasteiger charge is 2.31.